The quantitative estimate of drug-likeness (QED) is 0.725. The molecule has 2 aromatic rings. The summed E-state index contributed by atoms with van der Waals surface area (Å²) in [5.74, 6) is 0.570. The van der Waals surface area contributed by atoms with Crippen molar-refractivity contribution < 1.29 is 5.11 Å². The number of aromatic nitrogens is 2. The lowest BCUT2D eigenvalue weighted by atomic mass is 9.98. The summed E-state index contributed by atoms with van der Waals surface area (Å²) in [6.07, 6.45) is 4.95. The standard InChI is InChI=1S/C16H23N3O/c1-14(16-5-3-2-4-6-16)7-8-17-11-15-12-18-19(13-15)9-10-20/h2-6,12-14,17,20H,7-11H2,1H3. The van der Waals surface area contributed by atoms with E-state index in [-0.39, 0.29) is 6.61 Å². The molecule has 1 aromatic heterocycles. The molecule has 20 heavy (non-hydrogen) atoms. The molecule has 108 valence electrons. The van der Waals surface area contributed by atoms with Crippen LogP contribution >= 0.6 is 0 Å². The van der Waals surface area contributed by atoms with Crippen LogP contribution in [0.5, 0.6) is 0 Å². The fraction of sp³-hybridized carbons (Fsp3) is 0.438. The van der Waals surface area contributed by atoms with Gasteiger partial charge in [0.25, 0.3) is 0 Å². The number of aliphatic hydroxyl groups is 1. The minimum atomic E-state index is 0.128. The molecule has 1 unspecified atom stereocenters. The van der Waals surface area contributed by atoms with Gasteiger partial charge in [0.2, 0.25) is 0 Å². The summed E-state index contributed by atoms with van der Waals surface area (Å²) in [7, 11) is 0. The van der Waals surface area contributed by atoms with E-state index in [0.717, 1.165) is 25.1 Å². The van der Waals surface area contributed by atoms with Crippen LogP contribution in [-0.2, 0) is 13.1 Å². The zero-order valence-corrected chi connectivity index (χ0v) is 12.0. The van der Waals surface area contributed by atoms with Gasteiger partial charge >= 0.3 is 0 Å². The van der Waals surface area contributed by atoms with Crippen molar-refractivity contribution in [1.29, 1.82) is 0 Å². The zero-order valence-electron chi connectivity index (χ0n) is 12.0. The van der Waals surface area contributed by atoms with Gasteiger partial charge in [-0.3, -0.25) is 4.68 Å². The highest BCUT2D eigenvalue weighted by molar-refractivity contribution is 5.18. The van der Waals surface area contributed by atoms with Crippen molar-refractivity contribution in [2.45, 2.75) is 32.4 Å². The van der Waals surface area contributed by atoms with Crippen molar-refractivity contribution in [3.8, 4) is 0 Å². The van der Waals surface area contributed by atoms with Gasteiger partial charge in [-0.05, 0) is 24.4 Å². The summed E-state index contributed by atoms with van der Waals surface area (Å²) < 4.78 is 1.77. The van der Waals surface area contributed by atoms with E-state index in [4.69, 9.17) is 5.11 Å². The number of hydrogen-bond acceptors (Lipinski definition) is 3. The summed E-state index contributed by atoms with van der Waals surface area (Å²) in [6, 6.07) is 10.6. The monoisotopic (exact) mass is 273 g/mol. The second-order valence-corrected chi connectivity index (χ2v) is 5.11. The first-order valence-electron chi connectivity index (χ1n) is 7.17. The molecule has 0 saturated carbocycles. The van der Waals surface area contributed by atoms with Crippen LogP contribution in [0.15, 0.2) is 42.7 Å². The third-order valence-corrected chi connectivity index (χ3v) is 3.47. The second kappa shape index (κ2) is 7.82. The lowest BCUT2D eigenvalue weighted by Gasteiger charge is -2.12. The molecule has 4 heteroatoms. The fourth-order valence-electron chi connectivity index (χ4n) is 2.22. The number of nitrogens with one attached hydrogen (secondary N) is 1. The maximum atomic E-state index is 8.84. The molecular formula is C16H23N3O. The van der Waals surface area contributed by atoms with Gasteiger partial charge in [-0.15, -0.1) is 0 Å². The van der Waals surface area contributed by atoms with Crippen molar-refractivity contribution >= 4 is 0 Å². The molecule has 4 nitrogen and oxygen atoms in total. The van der Waals surface area contributed by atoms with E-state index in [9.17, 15) is 0 Å². The predicted octanol–water partition coefficient (Wildman–Crippen LogP) is 2.16. The Morgan fingerprint density at radius 2 is 2.10 bits per heavy atom. The normalized spacial score (nSPS) is 12.5. The Kier molecular flexibility index (Phi) is 5.77. The van der Waals surface area contributed by atoms with Gasteiger partial charge in [-0.1, -0.05) is 37.3 Å². The van der Waals surface area contributed by atoms with Gasteiger partial charge in [-0.2, -0.15) is 5.10 Å². The molecular weight excluding hydrogens is 250 g/mol. The summed E-state index contributed by atoms with van der Waals surface area (Å²) in [5.41, 5.74) is 2.55. The third kappa shape index (κ3) is 4.47. The minimum absolute atomic E-state index is 0.128. The molecule has 0 aliphatic carbocycles. The van der Waals surface area contributed by atoms with E-state index in [2.05, 4.69) is 47.7 Å². The Balaban J connectivity index is 1.68. The third-order valence-electron chi connectivity index (χ3n) is 3.47. The van der Waals surface area contributed by atoms with Crippen molar-refractivity contribution in [3.63, 3.8) is 0 Å². The van der Waals surface area contributed by atoms with Crippen LogP contribution < -0.4 is 5.32 Å². The molecule has 2 rings (SSSR count). The van der Waals surface area contributed by atoms with Gasteiger partial charge in [0, 0.05) is 18.3 Å². The molecule has 0 aliphatic heterocycles. The van der Waals surface area contributed by atoms with Crippen LogP contribution in [0.2, 0.25) is 0 Å². The van der Waals surface area contributed by atoms with E-state index < -0.39 is 0 Å². The van der Waals surface area contributed by atoms with Crippen molar-refractivity contribution in [2.75, 3.05) is 13.2 Å². The molecule has 0 saturated heterocycles. The van der Waals surface area contributed by atoms with Gasteiger partial charge in [0.15, 0.2) is 0 Å². The average Bonchev–Trinajstić information content (AvgIpc) is 2.92. The van der Waals surface area contributed by atoms with Crippen LogP contribution in [0.25, 0.3) is 0 Å². The summed E-state index contributed by atoms with van der Waals surface area (Å²) in [5, 5.41) is 16.5. The lowest BCUT2D eigenvalue weighted by Crippen LogP contribution is -2.16. The molecule has 1 heterocycles. The molecule has 0 bridgehead atoms. The van der Waals surface area contributed by atoms with Gasteiger partial charge in [-0.25, -0.2) is 0 Å². The van der Waals surface area contributed by atoms with Crippen molar-refractivity contribution in [3.05, 3.63) is 53.9 Å². The van der Waals surface area contributed by atoms with E-state index in [0.29, 0.717) is 12.5 Å². The van der Waals surface area contributed by atoms with Gasteiger partial charge in [0.1, 0.15) is 0 Å². The molecule has 1 aromatic carbocycles. The van der Waals surface area contributed by atoms with E-state index in [1.165, 1.54) is 5.56 Å². The van der Waals surface area contributed by atoms with Crippen LogP contribution in [-0.4, -0.2) is 28.0 Å². The number of nitrogens with zero attached hydrogens (tertiary/aromatic N) is 2. The fourth-order valence-corrected chi connectivity index (χ4v) is 2.22. The summed E-state index contributed by atoms with van der Waals surface area (Å²) in [4.78, 5) is 0. The Morgan fingerprint density at radius 1 is 1.30 bits per heavy atom. The highest BCUT2D eigenvalue weighted by atomic mass is 16.3. The highest BCUT2D eigenvalue weighted by Crippen LogP contribution is 2.17. The molecule has 0 radical (unpaired) electrons. The number of hydrogen-bond donors (Lipinski definition) is 2. The highest BCUT2D eigenvalue weighted by Gasteiger charge is 2.04. The van der Waals surface area contributed by atoms with Crippen molar-refractivity contribution in [1.82, 2.24) is 15.1 Å². The molecule has 0 amide bonds. The zero-order chi connectivity index (χ0) is 14.2. The van der Waals surface area contributed by atoms with Gasteiger partial charge in [0.05, 0.1) is 19.3 Å². The Labute approximate surface area is 120 Å². The Hall–Kier alpha value is -1.65. The van der Waals surface area contributed by atoms with E-state index in [1.807, 2.05) is 12.4 Å². The summed E-state index contributed by atoms with van der Waals surface area (Å²) in [6.45, 7) is 4.76. The predicted molar refractivity (Wildman–Crippen MR) is 80.5 cm³/mol. The first kappa shape index (κ1) is 14.8. The van der Waals surface area contributed by atoms with Crippen LogP contribution in [0.3, 0.4) is 0 Å². The lowest BCUT2D eigenvalue weighted by molar-refractivity contribution is 0.269. The van der Waals surface area contributed by atoms with Crippen LogP contribution in [0.4, 0.5) is 0 Å². The molecule has 1 atom stereocenters. The van der Waals surface area contributed by atoms with Gasteiger partial charge < -0.3 is 10.4 Å². The smallest absolute Gasteiger partial charge is 0.0640 e. The Bertz CT molecular complexity index is 495. The maximum absolute atomic E-state index is 8.84. The van der Waals surface area contributed by atoms with Crippen LogP contribution in [0, 0.1) is 0 Å². The number of rotatable bonds is 8. The summed E-state index contributed by atoms with van der Waals surface area (Å²) >= 11 is 0. The topological polar surface area (TPSA) is 50.1 Å². The maximum Gasteiger partial charge on any atom is 0.0640 e. The molecule has 0 fully saturated rings. The first-order valence-corrected chi connectivity index (χ1v) is 7.17. The van der Waals surface area contributed by atoms with E-state index >= 15 is 0 Å². The molecule has 2 N–H and O–H groups in total. The largest absolute Gasteiger partial charge is 0.394 e. The second-order valence-electron chi connectivity index (χ2n) is 5.11. The van der Waals surface area contributed by atoms with E-state index in [1.54, 1.807) is 4.68 Å². The molecule has 0 spiro atoms. The number of aliphatic hydroxyl groups excluding tert-OH is 1. The SMILES string of the molecule is CC(CCNCc1cnn(CCO)c1)c1ccccc1. The van der Waals surface area contributed by atoms with Crippen LogP contribution in [0.1, 0.15) is 30.4 Å². The minimum Gasteiger partial charge on any atom is -0.394 e. The number of benzene rings is 1. The first-order chi connectivity index (χ1) is 9.79. The molecule has 0 aliphatic rings. The average molecular weight is 273 g/mol. The Morgan fingerprint density at radius 3 is 2.85 bits per heavy atom. The van der Waals surface area contributed by atoms with Crippen molar-refractivity contribution in [2.24, 2.45) is 0 Å².